The lowest BCUT2D eigenvalue weighted by Crippen LogP contribution is -2.22. The molecule has 0 aromatic heterocycles. The minimum atomic E-state index is 0.744. The Morgan fingerprint density at radius 3 is 2.93 bits per heavy atom. The van der Waals surface area contributed by atoms with E-state index in [1.54, 1.807) is 11.1 Å². The topological polar surface area (TPSA) is 3.24 Å². The van der Waals surface area contributed by atoms with Crippen LogP contribution in [0.25, 0.3) is 0 Å². The molecule has 3 rings (SSSR count). The van der Waals surface area contributed by atoms with Gasteiger partial charge < -0.3 is 0 Å². The molecule has 0 saturated carbocycles. The minimum absolute atomic E-state index is 0.744. The fraction of sp³-hybridized carbons (Fsp3) is 0.538. The minimum Gasteiger partial charge on any atom is -0.296 e. The van der Waals surface area contributed by atoms with Gasteiger partial charge in [0.1, 0.15) is 0 Å². The monoisotopic (exact) mass is 187 g/mol. The fourth-order valence-electron chi connectivity index (χ4n) is 3.01. The molecule has 1 nitrogen and oxygen atoms in total. The van der Waals surface area contributed by atoms with Gasteiger partial charge in [-0.25, -0.2) is 0 Å². The van der Waals surface area contributed by atoms with E-state index in [0.717, 1.165) is 6.04 Å². The maximum absolute atomic E-state index is 2.67. The van der Waals surface area contributed by atoms with Crippen LogP contribution in [0.2, 0.25) is 0 Å². The van der Waals surface area contributed by atoms with Crippen LogP contribution in [0.5, 0.6) is 0 Å². The molecule has 2 heterocycles. The second-order valence-corrected chi connectivity index (χ2v) is 4.50. The number of aryl methyl sites for hydroxylation is 1. The first-order valence-corrected chi connectivity index (χ1v) is 5.77. The highest BCUT2D eigenvalue weighted by Crippen LogP contribution is 2.36. The SMILES string of the molecule is c1ccc2c(c1)CCCN1CCC[C@@H]21. The van der Waals surface area contributed by atoms with Gasteiger partial charge in [-0.05, 0) is 49.9 Å². The first-order valence-electron chi connectivity index (χ1n) is 5.77. The largest absolute Gasteiger partial charge is 0.296 e. The quantitative estimate of drug-likeness (QED) is 0.603. The van der Waals surface area contributed by atoms with Crippen molar-refractivity contribution in [3.8, 4) is 0 Å². The van der Waals surface area contributed by atoms with Gasteiger partial charge in [0.25, 0.3) is 0 Å². The predicted octanol–water partition coefficient (Wildman–Crippen LogP) is 2.77. The van der Waals surface area contributed by atoms with Crippen LogP contribution in [-0.4, -0.2) is 18.0 Å². The summed E-state index contributed by atoms with van der Waals surface area (Å²) >= 11 is 0. The molecule has 0 aliphatic carbocycles. The Hall–Kier alpha value is -0.820. The second kappa shape index (κ2) is 3.39. The lowest BCUT2D eigenvalue weighted by atomic mass is 9.98. The van der Waals surface area contributed by atoms with E-state index in [9.17, 15) is 0 Å². The number of nitrogens with zero attached hydrogens (tertiary/aromatic N) is 1. The van der Waals surface area contributed by atoms with Crippen molar-refractivity contribution in [3.63, 3.8) is 0 Å². The molecular formula is C13H17N. The van der Waals surface area contributed by atoms with Gasteiger partial charge in [-0.3, -0.25) is 4.90 Å². The molecule has 1 aromatic carbocycles. The van der Waals surface area contributed by atoms with Gasteiger partial charge in [0.2, 0.25) is 0 Å². The maximum Gasteiger partial charge on any atom is 0.0351 e. The molecule has 74 valence electrons. The van der Waals surface area contributed by atoms with Crippen LogP contribution in [0.1, 0.15) is 36.4 Å². The summed E-state index contributed by atoms with van der Waals surface area (Å²) in [5.74, 6) is 0. The van der Waals surface area contributed by atoms with Crippen molar-refractivity contribution in [1.82, 2.24) is 4.90 Å². The molecule has 1 atom stereocenters. The molecule has 0 unspecified atom stereocenters. The van der Waals surface area contributed by atoms with Crippen LogP contribution in [-0.2, 0) is 6.42 Å². The van der Waals surface area contributed by atoms with E-state index in [2.05, 4.69) is 29.2 Å². The van der Waals surface area contributed by atoms with E-state index >= 15 is 0 Å². The Morgan fingerprint density at radius 1 is 1.07 bits per heavy atom. The Morgan fingerprint density at radius 2 is 1.93 bits per heavy atom. The summed E-state index contributed by atoms with van der Waals surface area (Å²) in [6, 6.07) is 9.78. The maximum atomic E-state index is 2.67. The molecule has 2 aliphatic rings. The smallest absolute Gasteiger partial charge is 0.0351 e. The zero-order valence-corrected chi connectivity index (χ0v) is 8.58. The molecule has 1 heteroatoms. The van der Waals surface area contributed by atoms with Crippen LogP contribution in [0, 0.1) is 0 Å². The van der Waals surface area contributed by atoms with Crippen molar-refractivity contribution in [1.29, 1.82) is 0 Å². The zero-order chi connectivity index (χ0) is 9.38. The van der Waals surface area contributed by atoms with Crippen LogP contribution >= 0.6 is 0 Å². The molecule has 1 aromatic rings. The molecular weight excluding hydrogens is 170 g/mol. The lowest BCUT2D eigenvalue weighted by Gasteiger charge is -2.22. The number of benzene rings is 1. The zero-order valence-electron chi connectivity index (χ0n) is 8.58. The summed E-state index contributed by atoms with van der Waals surface area (Å²) in [7, 11) is 0. The van der Waals surface area contributed by atoms with Gasteiger partial charge in [-0.2, -0.15) is 0 Å². The highest BCUT2D eigenvalue weighted by atomic mass is 15.2. The van der Waals surface area contributed by atoms with Gasteiger partial charge in [0.15, 0.2) is 0 Å². The van der Waals surface area contributed by atoms with E-state index in [1.807, 2.05) is 0 Å². The van der Waals surface area contributed by atoms with Crippen LogP contribution in [0.4, 0.5) is 0 Å². The van der Waals surface area contributed by atoms with Gasteiger partial charge in [-0.1, -0.05) is 24.3 Å². The van der Waals surface area contributed by atoms with Crippen molar-refractivity contribution in [2.24, 2.45) is 0 Å². The van der Waals surface area contributed by atoms with E-state index in [4.69, 9.17) is 0 Å². The summed E-state index contributed by atoms with van der Waals surface area (Å²) in [5.41, 5.74) is 3.21. The number of hydrogen-bond acceptors (Lipinski definition) is 1. The average Bonchev–Trinajstić information content (AvgIpc) is 2.61. The second-order valence-electron chi connectivity index (χ2n) is 4.50. The standard InChI is InChI=1S/C13H17N/c1-2-7-12-11(5-1)6-3-9-14-10-4-8-13(12)14/h1-2,5,7,13H,3-4,6,8-10H2/t13-/m0/s1. The molecule has 14 heavy (non-hydrogen) atoms. The summed E-state index contributed by atoms with van der Waals surface area (Å²) in [4.78, 5) is 2.67. The van der Waals surface area contributed by atoms with Crippen molar-refractivity contribution in [3.05, 3.63) is 35.4 Å². The third-order valence-corrected chi connectivity index (χ3v) is 3.67. The fourth-order valence-corrected chi connectivity index (χ4v) is 3.01. The van der Waals surface area contributed by atoms with Crippen molar-refractivity contribution >= 4 is 0 Å². The number of rotatable bonds is 0. The van der Waals surface area contributed by atoms with Gasteiger partial charge in [-0.15, -0.1) is 0 Å². The Bertz CT molecular complexity index is 332. The summed E-state index contributed by atoms with van der Waals surface area (Å²) in [6.45, 7) is 2.62. The van der Waals surface area contributed by atoms with Gasteiger partial charge in [0.05, 0.1) is 0 Å². The predicted molar refractivity (Wildman–Crippen MR) is 58.3 cm³/mol. The average molecular weight is 187 g/mol. The molecule has 1 saturated heterocycles. The van der Waals surface area contributed by atoms with Crippen molar-refractivity contribution in [2.45, 2.75) is 31.7 Å². The molecule has 0 N–H and O–H groups in total. The Labute approximate surface area is 85.7 Å². The molecule has 0 spiro atoms. The molecule has 0 radical (unpaired) electrons. The molecule has 0 bridgehead atoms. The highest BCUT2D eigenvalue weighted by Gasteiger charge is 2.28. The molecule has 2 aliphatic heterocycles. The first-order chi connectivity index (χ1) is 6.95. The van der Waals surface area contributed by atoms with Crippen molar-refractivity contribution in [2.75, 3.05) is 13.1 Å². The summed E-state index contributed by atoms with van der Waals surface area (Å²) < 4.78 is 0. The lowest BCUT2D eigenvalue weighted by molar-refractivity contribution is 0.263. The van der Waals surface area contributed by atoms with E-state index in [-0.39, 0.29) is 0 Å². The first kappa shape index (κ1) is 8.49. The number of hydrogen-bond donors (Lipinski definition) is 0. The molecule has 0 amide bonds. The van der Waals surface area contributed by atoms with E-state index in [1.165, 1.54) is 38.8 Å². The van der Waals surface area contributed by atoms with E-state index < -0.39 is 0 Å². The Balaban J connectivity index is 2.04. The number of fused-ring (bicyclic) bond motifs is 3. The summed E-state index contributed by atoms with van der Waals surface area (Å²) in [6.07, 6.45) is 5.38. The third kappa shape index (κ3) is 1.27. The van der Waals surface area contributed by atoms with Crippen LogP contribution in [0.3, 0.4) is 0 Å². The van der Waals surface area contributed by atoms with Crippen LogP contribution < -0.4 is 0 Å². The van der Waals surface area contributed by atoms with E-state index in [0.29, 0.717) is 0 Å². The summed E-state index contributed by atoms with van der Waals surface area (Å²) in [5, 5.41) is 0. The van der Waals surface area contributed by atoms with Gasteiger partial charge >= 0.3 is 0 Å². The van der Waals surface area contributed by atoms with Crippen molar-refractivity contribution < 1.29 is 0 Å². The Kier molecular flexibility index (Phi) is 2.06. The highest BCUT2D eigenvalue weighted by molar-refractivity contribution is 5.31. The molecule has 1 fully saturated rings. The normalized spacial score (nSPS) is 26.7. The third-order valence-electron chi connectivity index (χ3n) is 3.67. The van der Waals surface area contributed by atoms with Crippen LogP contribution in [0.15, 0.2) is 24.3 Å². The van der Waals surface area contributed by atoms with Gasteiger partial charge in [0, 0.05) is 6.04 Å².